The van der Waals surface area contributed by atoms with Crippen molar-refractivity contribution < 1.29 is 0 Å². The summed E-state index contributed by atoms with van der Waals surface area (Å²) in [5, 5.41) is 12.4. The van der Waals surface area contributed by atoms with E-state index in [2.05, 4.69) is 70.6 Å². The van der Waals surface area contributed by atoms with Crippen molar-refractivity contribution in [3.63, 3.8) is 0 Å². The zero-order chi connectivity index (χ0) is 17.1. The predicted octanol–water partition coefficient (Wildman–Crippen LogP) is 6.24. The van der Waals surface area contributed by atoms with Crippen molar-refractivity contribution in [2.75, 3.05) is 0 Å². The molecule has 4 aromatic carbocycles. The molecule has 0 saturated carbocycles. The molecular formula is C24H14N2. The van der Waals surface area contributed by atoms with Gasteiger partial charge in [-0.1, -0.05) is 48.5 Å². The van der Waals surface area contributed by atoms with E-state index in [-0.39, 0.29) is 0 Å². The number of fused-ring (bicyclic) bond motifs is 9. The fourth-order valence-corrected chi connectivity index (χ4v) is 4.19. The third-order valence-electron chi connectivity index (χ3n) is 5.38. The largest absolute Gasteiger partial charge is 0.264 e. The van der Waals surface area contributed by atoms with Crippen molar-refractivity contribution in [2.45, 2.75) is 0 Å². The molecule has 0 atom stereocenters. The van der Waals surface area contributed by atoms with Crippen LogP contribution in [0, 0.1) is 0 Å². The Labute approximate surface area is 149 Å². The molecule has 0 aliphatic heterocycles. The second-order valence-corrected chi connectivity index (χ2v) is 6.75. The maximum absolute atomic E-state index is 4.40. The highest BCUT2D eigenvalue weighted by Crippen LogP contribution is 2.38. The molecule has 0 aliphatic carbocycles. The summed E-state index contributed by atoms with van der Waals surface area (Å²) >= 11 is 0. The first-order valence-corrected chi connectivity index (χ1v) is 8.75. The number of aromatic nitrogens is 2. The monoisotopic (exact) mass is 330 g/mol. The Bertz CT molecular complexity index is 1360. The van der Waals surface area contributed by atoms with E-state index in [1.807, 2.05) is 24.8 Å². The van der Waals surface area contributed by atoms with E-state index in [9.17, 15) is 0 Å². The van der Waals surface area contributed by atoms with Crippen LogP contribution < -0.4 is 0 Å². The second-order valence-electron chi connectivity index (χ2n) is 6.75. The molecule has 26 heavy (non-hydrogen) atoms. The van der Waals surface area contributed by atoms with Crippen molar-refractivity contribution >= 4 is 53.9 Å². The van der Waals surface area contributed by atoms with Crippen LogP contribution in [0.25, 0.3) is 53.9 Å². The summed E-state index contributed by atoms with van der Waals surface area (Å²) in [6.45, 7) is 0. The SMILES string of the molecule is c1cc2ccc3ccc4ccc5ccc6ccncc6c5c4c3c2cn1. The Morgan fingerprint density at radius 1 is 0.385 bits per heavy atom. The molecule has 0 bridgehead atoms. The topological polar surface area (TPSA) is 25.8 Å². The van der Waals surface area contributed by atoms with Crippen LogP contribution in [0.3, 0.4) is 0 Å². The van der Waals surface area contributed by atoms with Crippen molar-refractivity contribution in [3.8, 4) is 0 Å². The fourth-order valence-electron chi connectivity index (χ4n) is 4.19. The van der Waals surface area contributed by atoms with Gasteiger partial charge in [0.1, 0.15) is 0 Å². The molecule has 6 aromatic rings. The predicted molar refractivity (Wildman–Crippen MR) is 110 cm³/mol. The zero-order valence-electron chi connectivity index (χ0n) is 14.0. The van der Waals surface area contributed by atoms with E-state index < -0.39 is 0 Å². The number of benzene rings is 4. The van der Waals surface area contributed by atoms with Crippen molar-refractivity contribution in [3.05, 3.63) is 85.5 Å². The molecule has 2 heteroatoms. The summed E-state index contributed by atoms with van der Waals surface area (Å²) in [6.07, 6.45) is 7.69. The van der Waals surface area contributed by atoms with Crippen LogP contribution in [0.5, 0.6) is 0 Å². The highest BCUT2D eigenvalue weighted by atomic mass is 14.6. The minimum Gasteiger partial charge on any atom is -0.264 e. The third kappa shape index (κ3) is 1.76. The van der Waals surface area contributed by atoms with Gasteiger partial charge >= 0.3 is 0 Å². The molecule has 0 fully saturated rings. The van der Waals surface area contributed by atoms with E-state index >= 15 is 0 Å². The van der Waals surface area contributed by atoms with Gasteiger partial charge in [-0.15, -0.1) is 0 Å². The Morgan fingerprint density at radius 3 is 1.23 bits per heavy atom. The summed E-state index contributed by atoms with van der Waals surface area (Å²) in [7, 11) is 0. The van der Waals surface area contributed by atoms with Gasteiger partial charge in [-0.3, -0.25) is 9.97 Å². The van der Waals surface area contributed by atoms with Crippen molar-refractivity contribution in [2.24, 2.45) is 0 Å². The molecule has 120 valence electrons. The second kappa shape index (κ2) is 4.99. The molecule has 0 unspecified atom stereocenters. The van der Waals surface area contributed by atoms with Crippen LogP contribution in [0.4, 0.5) is 0 Å². The van der Waals surface area contributed by atoms with E-state index in [0.29, 0.717) is 0 Å². The number of hydrogen-bond acceptors (Lipinski definition) is 2. The van der Waals surface area contributed by atoms with Gasteiger partial charge < -0.3 is 0 Å². The first-order chi connectivity index (χ1) is 12.9. The van der Waals surface area contributed by atoms with E-state index in [4.69, 9.17) is 0 Å². The van der Waals surface area contributed by atoms with E-state index in [0.717, 1.165) is 0 Å². The van der Waals surface area contributed by atoms with E-state index in [1.165, 1.54) is 53.9 Å². The number of nitrogens with zero attached hydrogens (tertiary/aromatic N) is 2. The molecule has 0 N–H and O–H groups in total. The first kappa shape index (κ1) is 13.7. The van der Waals surface area contributed by atoms with Gasteiger partial charge in [0.2, 0.25) is 0 Å². The lowest BCUT2D eigenvalue weighted by Gasteiger charge is -2.12. The zero-order valence-corrected chi connectivity index (χ0v) is 14.0. The number of rotatable bonds is 0. The van der Waals surface area contributed by atoms with Gasteiger partial charge in [-0.2, -0.15) is 0 Å². The summed E-state index contributed by atoms with van der Waals surface area (Å²) in [5.41, 5.74) is 0. The summed E-state index contributed by atoms with van der Waals surface area (Å²) in [5.74, 6) is 0. The normalized spacial score (nSPS) is 11.8. The average Bonchev–Trinajstić information content (AvgIpc) is 2.72. The average molecular weight is 330 g/mol. The molecule has 0 spiro atoms. The Hall–Kier alpha value is -3.52. The van der Waals surface area contributed by atoms with Crippen LogP contribution in [0.1, 0.15) is 0 Å². The lowest BCUT2D eigenvalue weighted by Crippen LogP contribution is -1.86. The number of hydrogen-bond donors (Lipinski definition) is 0. The quantitative estimate of drug-likeness (QED) is 0.308. The van der Waals surface area contributed by atoms with Crippen LogP contribution >= 0.6 is 0 Å². The maximum Gasteiger partial charge on any atom is 0.0352 e. The van der Waals surface area contributed by atoms with Crippen molar-refractivity contribution in [1.82, 2.24) is 9.97 Å². The van der Waals surface area contributed by atoms with Gasteiger partial charge in [-0.05, 0) is 55.2 Å². The number of pyridine rings is 2. The standard InChI is InChI=1S/C24H14N2/c1-3-17-5-7-19-8-6-18-4-2-16-10-12-26-14-21(16)23(18)24(19)22(17)20-13-25-11-9-15(1)20/h1-14H. The summed E-state index contributed by atoms with van der Waals surface area (Å²) in [4.78, 5) is 8.80. The van der Waals surface area contributed by atoms with Crippen molar-refractivity contribution in [1.29, 1.82) is 0 Å². The lowest BCUT2D eigenvalue weighted by molar-refractivity contribution is 1.37. The molecule has 0 amide bonds. The van der Waals surface area contributed by atoms with E-state index in [1.54, 1.807) is 0 Å². The molecular weight excluding hydrogens is 316 g/mol. The Morgan fingerprint density at radius 2 is 0.769 bits per heavy atom. The minimum atomic E-state index is 1.20. The molecule has 0 saturated heterocycles. The van der Waals surface area contributed by atoms with Crippen LogP contribution in [-0.2, 0) is 0 Å². The van der Waals surface area contributed by atoms with Gasteiger partial charge in [0.25, 0.3) is 0 Å². The maximum atomic E-state index is 4.40. The molecule has 2 heterocycles. The molecule has 2 nitrogen and oxygen atoms in total. The molecule has 0 radical (unpaired) electrons. The van der Waals surface area contributed by atoms with Crippen LogP contribution in [0.2, 0.25) is 0 Å². The fraction of sp³-hybridized carbons (Fsp3) is 0. The Kier molecular flexibility index (Phi) is 2.64. The Balaban J connectivity index is 2.03. The van der Waals surface area contributed by atoms with Crippen LogP contribution in [0.15, 0.2) is 85.5 Å². The summed E-state index contributed by atoms with van der Waals surface area (Å²) in [6, 6.07) is 21.8. The minimum absolute atomic E-state index is 1.20. The summed E-state index contributed by atoms with van der Waals surface area (Å²) < 4.78 is 0. The molecule has 0 aliphatic rings. The smallest absolute Gasteiger partial charge is 0.0352 e. The van der Waals surface area contributed by atoms with Gasteiger partial charge in [0.05, 0.1) is 0 Å². The molecule has 2 aromatic heterocycles. The highest BCUT2D eigenvalue weighted by molar-refractivity contribution is 6.31. The van der Waals surface area contributed by atoms with Crippen LogP contribution in [-0.4, -0.2) is 9.97 Å². The first-order valence-electron chi connectivity index (χ1n) is 8.75. The lowest BCUT2D eigenvalue weighted by atomic mass is 9.92. The third-order valence-corrected chi connectivity index (χ3v) is 5.38. The highest BCUT2D eigenvalue weighted by Gasteiger charge is 2.11. The van der Waals surface area contributed by atoms with Gasteiger partial charge in [0.15, 0.2) is 0 Å². The van der Waals surface area contributed by atoms with Gasteiger partial charge in [-0.25, -0.2) is 0 Å². The molecule has 6 rings (SSSR count). The van der Waals surface area contributed by atoms with Gasteiger partial charge in [0, 0.05) is 35.6 Å².